The number of hydrogen-bond acceptors (Lipinski definition) is 4. The molecule has 0 spiro atoms. The number of nitrogens with one attached hydrogen (secondary N) is 1. The minimum absolute atomic E-state index is 0.329. The maximum atomic E-state index is 12.1. The van der Waals surface area contributed by atoms with Crippen LogP contribution in [0.15, 0.2) is 12.4 Å². The molecule has 2 unspecified atom stereocenters. The van der Waals surface area contributed by atoms with E-state index in [1.165, 1.54) is 4.90 Å². The van der Waals surface area contributed by atoms with Crippen LogP contribution < -0.4 is 5.32 Å². The predicted octanol–water partition coefficient (Wildman–Crippen LogP) is 0.173. The Morgan fingerprint density at radius 1 is 1.50 bits per heavy atom. The van der Waals surface area contributed by atoms with Gasteiger partial charge in [-0.2, -0.15) is 0 Å². The molecule has 0 aliphatic carbocycles. The number of carbonyl (C=O) groups is 2. The van der Waals surface area contributed by atoms with Gasteiger partial charge in [0.2, 0.25) is 0 Å². The maximum absolute atomic E-state index is 12.1. The van der Waals surface area contributed by atoms with E-state index in [-0.39, 0.29) is 6.03 Å². The monoisotopic (exact) mass is 281 g/mol. The van der Waals surface area contributed by atoms with Gasteiger partial charge in [0, 0.05) is 19.3 Å². The molecule has 2 amide bonds. The zero-order chi connectivity index (χ0) is 14.5. The molecule has 1 aromatic rings. The van der Waals surface area contributed by atoms with E-state index in [1.807, 2.05) is 6.92 Å². The number of carboxylic acids is 1. The molecule has 2 rings (SSSR count). The lowest BCUT2D eigenvalue weighted by molar-refractivity contribution is -0.143. The van der Waals surface area contributed by atoms with Crippen LogP contribution in [-0.4, -0.2) is 56.1 Å². The molecule has 0 saturated carbocycles. The third-order valence-electron chi connectivity index (χ3n) is 3.50. The van der Waals surface area contributed by atoms with E-state index in [0.717, 1.165) is 6.42 Å². The van der Waals surface area contributed by atoms with E-state index in [0.29, 0.717) is 32.0 Å². The van der Waals surface area contributed by atoms with Crippen molar-refractivity contribution in [2.45, 2.75) is 32.4 Å². The Morgan fingerprint density at radius 3 is 2.95 bits per heavy atom. The lowest BCUT2D eigenvalue weighted by Crippen LogP contribution is -2.53. The molecule has 1 aromatic heterocycles. The minimum atomic E-state index is -0.942. The van der Waals surface area contributed by atoms with Crippen molar-refractivity contribution in [3.05, 3.63) is 12.4 Å². The van der Waals surface area contributed by atoms with Gasteiger partial charge in [0.25, 0.3) is 0 Å². The number of hydrogen-bond donors (Lipinski definition) is 2. The van der Waals surface area contributed by atoms with Gasteiger partial charge in [0.15, 0.2) is 0 Å². The second-order valence-corrected chi connectivity index (χ2v) is 5.08. The zero-order valence-corrected chi connectivity index (χ0v) is 11.4. The second kappa shape index (κ2) is 6.36. The van der Waals surface area contributed by atoms with Crippen LogP contribution >= 0.6 is 0 Å². The van der Waals surface area contributed by atoms with Crippen LogP contribution in [0.4, 0.5) is 4.79 Å². The van der Waals surface area contributed by atoms with Gasteiger partial charge in [0.05, 0.1) is 12.7 Å². The first-order chi connectivity index (χ1) is 9.58. The molecule has 8 nitrogen and oxygen atoms in total. The molecule has 0 bridgehead atoms. The van der Waals surface area contributed by atoms with E-state index in [2.05, 4.69) is 15.6 Å². The van der Waals surface area contributed by atoms with Crippen molar-refractivity contribution < 1.29 is 14.7 Å². The summed E-state index contributed by atoms with van der Waals surface area (Å²) in [5, 5.41) is 19.4. The largest absolute Gasteiger partial charge is 0.480 e. The molecular weight excluding hydrogens is 262 g/mol. The first-order valence-corrected chi connectivity index (χ1v) is 6.69. The van der Waals surface area contributed by atoms with Gasteiger partial charge in [-0.25, -0.2) is 9.59 Å². The lowest BCUT2D eigenvalue weighted by atomic mass is 9.93. The number of amides is 2. The average Bonchev–Trinajstić information content (AvgIpc) is 2.91. The first kappa shape index (κ1) is 14.3. The highest BCUT2D eigenvalue weighted by atomic mass is 16.4. The van der Waals surface area contributed by atoms with Crippen molar-refractivity contribution in [3.63, 3.8) is 0 Å². The standard InChI is InChI=1S/C12H19N5O3/c1-9-2-5-17(10(8-9)11(18)19)12(20)13-3-6-16-7-4-14-15-16/h4,7,9-10H,2-3,5-6,8H2,1H3,(H,13,20)(H,18,19). The van der Waals surface area contributed by atoms with Gasteiger partial charge in [-0.3, -0.25) is 4.68 Å². The number of likely N-dealkylation sites (tertiary alicyclic amines) is 1. The maximum Gasteiger partial charge on any atom is 0.326 e. The van der Waals surface area contributed by atoms with Crippen molar-refractivity contribution in [2.75, 3.05) is 13.1 Å². The van der Waals surface area contributed by atoms with E-state index in [1.54, 1.807) is 17.1 Å². The summed E-state index contributed by atoms with van der Waals surface area (Å²) in [6, 6.07) is -1.06. The molecule has 0 radical (unpaired) electrons. The molecule has 1 saturated heterocycles. The molecule has 0 aromatic carbocycles. The Balaban J connectivity index is 1.85. The summed E-state index contributed by atoms with van der Waals surface area (Å²) in [6.07, 6.45) is 4.61. The summed E-state index contributed by atoms with van der Waals surface area (Å²) >= 11 is 0. The van der Waals surface area contributed by atoms with Gasteiger partial charge in [-0.15, -0.1) is 5.10 Å². The summed E-state index contributed by atoms with van der Waals surface area (Å²) < 4.78 is 1.60. The quantitative estimate of drug-likeness (QED) is 0.819. The highest BCUT2D eigenvalue weighted by Crippen LogP contribution is 2.22. The molecule has 1 aliphatic rings. The number of rotatable bonds is 4. The Labute approximate surface area is 116 Å². The van der Waals surface area contributed by atoms with Crippen LogP contribution in [0.25, 0.3) is 0 Å². The van der Waals surface area contributed by atoms with Crippen LogP contribution in [0.5, 0.6) is 0 Å². The van der Waals surface area contributed by atoms with Crippen molar-refractivity contribution >= 4 is 12.0 Å². The fourth-order valence-corrected chi connectivity index (χ4v) is 2.35. The highest BCUT2D eigenvalue weighted by Gasteiger charge is 2.34. The third-order valence-corrected chi connectivity index (χ3v) is 3.50. The minimum Gasteiger partial charge on any atom is -0.480 e. The van der Waals surface area contributed by atoms with Gasteiger partial charge >= 0.3 is 12.0 Å². The fraction of sp³-hybridized carbons (Fsp3) is 0.667. The van der Waals surface area contributed by atoms with E-state index in [9.17, 15) is 14.7 Å². The van der Waals surface area contributed by atoms with Crippen molar-refractivity contribution in [1.29, 1.82) is 0 Å². The van der Waals surface area contributed by atoms with E-state index >= 15 is 0 Å². The summed E-state index contributed by atoms with van der Waals surface area (Å²) in [4.78, 5) is 24.7. The van der Waals surface area contributed by atoms with Crippen LogP contribution in [0.1, 0.15) is 19.8 Å². The normalized spacial score (nSPS) is 22.6. The number of nitrogens with zero attached hydrogens (tertiary/aromatic N) is 4. The van der Waals surface area contributed by atoms with Crippen LogP contribution in [0.2, 0.25) is 0 Å². The Morgan fingerprint density at radius 2 is 2.30 bits per heavy atom. The molecule has 1 fully saturated rings. The van der Waals surface area contributed by atoms with Crippen LogP contribution in [-0.2, 0) is 11.3 Å². The molecule has 20 heavy (non-hydrogen) atoms. The van der Waals surface area contributed by atoms with E-state index < -0.39 is 12.0 Å². The van der Waals surface area contributed by atoms with Crippen LogP contribution in [0.3, 0.4) is 0 Å². The Hall–Kier alpha value is -2.12. The summed E-state index contributed by atoms with van der Waals surface area (Å²) in [6.45, 7) is 3.39. The fourth-order valence-electron chi connectivity index (χ4n) is 2.35. The molecular formula is C12H19N5O3. The molecule has 2 heterocycles. The summed E-state index contributed by atoms with van der Waals surface area (Å²) in [7, 11) is 0. The number of aromatic nitrogens is 3. The van der Waals surface area contributed by atoms with E-state index in [4.69, 9.17) is 0 Å². The van der Waals surface area contributed by atoms with Crippen LogP contribution in [0, 0.1) is 5.92 Å². The smallest absolute Gasteiger partial charge is 0.326 e. The molecule has 2 atom stereocenters. The topological polar surface area (TPSA) is 100 Å². The molecule has 8 heteroatoms. The van der Waals surface area contributed by atoms with Gasteiger partial charge in [-0.05, 0) is 18.8 Å². The molecule has 110 valence electrons. The molecule has 2 N–H and O–H groups in total. The number of piperidine rings is 1. The predicted molar refractivity (Wildman–Crippen MR) is 69.9 cm³/mol. The first-order valence-electron chi connectivity index (χ1n) is 6.69. The number of carboxylic acid groups (broad SMARTS) is 1. The SMILES string of the molecule is CC1CCN(C(=O)NCCn2ccnn2)C(C(=O)O)C1. The number of carbonyl (C=O) groups excluding carboxylic acids is 1. The van der Waals surface area contributed by atoms with Gasteiger partial charge in [0.1, 0.15) is 6.04 Å². The number of aliphatic carboxylic acids is 1. The molecule has 1 aliphatic heterocycles. The van der Waals surface area contributed by atoms with Crippen molar-refractivity contribution in [3.8, 4) is 0 Å². The summed E-state index contributed by atoms with van der Waals surface area (Å²) in [5.41, 5.74) is 0. The van der Waals surface area contributed by atoms with Gasteiger partial charge in [-0.1, -0.05) is 12.1 Å². The number of urea groups is 1. The van der Waals surface area contributed by atoms with Crippen molar-refractivity contribution in [1.82, 2.24) is 25.2 Å². The lowest BCUT2D eigenvalue weighted by Gasteiger charge is -2.35. The highest BCUT2D eigenvalue weighted by molar-refractivity contribution is 5.82. The summed E-state index contributed by atoms with van der Waals surface area (Å²) in [5.74, 6) is -0.613. The zero-order valence-electron chi connectivity index (χ0n) is 11.4. The second-order valence-electron chi connectivity index (χ2n) is 5.08. The Bertz CT molecular complexity index is 462. The third kappa shape index (κ3) is 3.46. The Kier molecular flexibility index (Phi) is 4.54. The van der Waals surface area contributed by atoms with Crippen molar-refractivity contribution in [2.24, 2.45) is 5.92 Å². The average molecular weight is 281 g/mol. The van der Waals surface area contributed by atoms with Gasteiger partial charge < -0.3 is 15.3 Å².